The van der Waals surface area contributed by atoms with Gasteiger partial charge in [0.1, 0.15) is 0 Å². The van der Waals surface area contributed by atoms with E-state index in [-0.39, 0.29) is 0 Å². The van der Waals surface area contributed by atoms with Crippen LogP contribution in [0.15, 0.2) is 54.6 Å². The van der Waals surface area contributed by atoms with Gasteiger partial charge in [0.05, 0.1) is 6.26 Å². The average molecular weight is 318 g/mol. The van der Waals surface area contributed by atoms with Crippen LogP contribution >= 0.6 is 0 Å². The summed E-state index contributed by atoms with van der Waals surface area (Å²) in [5.74, 6) is 0.424. The Morgan fingerprint density at radius 2 is 1.64 bits per heavy atom. The topological polar surface area (TPSA) is 58.2 Å². The van der Waals surface area contributed by atoms with Gasteiger partial charge in [0.2, 0.25) is 10.0 Å². The molecule has 2 rings (SSSR count). The molecule has 1 atom stereocenters. The quantitative estimate of drug-likeness (QED) is 0.825. The van der Waals surface area contributed by atoms with E-state index in [0.717, 1.165) is 24.1 Å². The van der Waals surface area contributed by atoms with Gasteiger partial charge in [-0.3, -0.25) is 0 Å². The van der Waals surface area contributed by atoms with Crippen LogP contribution in [0.3, 0.4) is 0 Å². The summed E-state index contributed by atoms with van der Waals surface area (Å²) in [4.78, 5) is 0. The van der Waals surface area contributed by atoms with Gasteiger partial charge in [-0.2, -0.15) is 0 Å². The fraction of sp³-hybridized carbons (Fsp3) is 0.294. The van der Waals surface area contributed by atoms with E-state index in [0.29, 0.717) is 12.5 Å². The van der Waals surface area contributed by atoms with E-state index in [1.165, 1.54) is 5.56 Å². The summed E-state index contributed by atoms with van der Waals surface area (Å²) in [5, 5.41) is 3.40. The van der Waals surface area contributed by atoms with E-state index in [4.69, 9.17) is 0 Å². The van der Waals surface area contributed by atoms with Crippen molar-refractivity contribution in [1.82, 2.24) is 4.72 Å². The molecular formula is C17H22N2O2S. The van der Waals surface area contributed by atoms with E-state index in [1.54, 1.807) is 0 Å². The van der Waals surface area contributed by atoms with Crippen LogP contribution in [-0.2, 0) is 16.6 Å². The van der Waals surface area contributed by atoms with Crippen LogP contribution in [0, 0.1) is 0 Å². The summed E-state index contributed by atoms with van der Waals surface area (Å²) in [6.07, 6.45) is 1.16. The second-order valence-electron chi connectivity index (χ2n) is 5.48. The van der Waals surface area contributed by atoms with E-state index >= 15 is 0 Å². The van der Waals surface area contributed by atoms with Gasteiger partial charge in [-0.15, -0.1) is 0 Å². The van der Waals surface area contributed by atoms with Gasteiger partial charge in [0, 0.05) is 18.8 Å². The van der Waals surface area contributed by atoms with Crippen molar-refractivity contribution >= 4 is 15.7 Å². The van der Waals surface area contributed by atoms with Gasteiger partial charge in [-0.1, -0.05) is 49.4 Å². The van der Waals surface area contributed by atoms with Gasteiger partial charge in [-0.25, -0.2) is 13.1 Å². The minimum absolute atomic E-state index is 0.319. The molecule has 0 spiro atoms. The highest BCUT2D eigenvalue weighted by Gasteiger charge is 2.05. The number of anilines is 1. The summed E-state index contributed by atoms with van der Waals surface area (Å²) < 4.78 is 24.6. The molecule has 0 heterocycles. The van der Waals surface area contributed by atoms with Crippen molar-refractivity contribution in [2.75, 3.05) is 18.1 Å². The largest absolute Gasteiger partial charge is 0.384 e. The first-order chi connectivity index (χ1) is 10.4. The maximum Gasteiger partial charge on any atom is 0.209 e. The zero-order chi connectivity index (χ0) is 16.0. The van der Waals surface area contributed by atoms with Crippen LogP contribution in [0.4, 0.5) is 5.69 Å². The molecular weight excluding hydrogens is 296 g/mol. The highest BCUT2D eigenvalue weighted by Crippen LogP contribution is 2.16. The molecule has 0 aliphatic carbocycles. The number of hydrogen-bond donors (Lipinski definition) is 2. The molecule has 0 radical (unpaired) electrons. The fourth-order valence-electron chi connectivity index (χ4n) is 2.13. The van der Waals surface area contributed by atoms with Crippen molar-refractivity contribution in [3.63, 3.8) is 0 Å². The number of nitrogens with one attached hydrogen (secondary N) is 2. The number of hydrogen-bond acceptors (Lipinski definition) is 3. The van der Waals surface area contributed by atoms with Crippen molar-refractivity contribution < 1.29 is 8.42 Å². The van der Waals surface area contributed by atoms with Crippen molar-refractivity contribution in [1.29, 1.82) is 0 Å². The van der Waals surface area contributed by atoms with Gasteiger partial charge < -0.3 is 5.32 Å². The van der Waals surface area contributed by atoms with Gasteiger partial charge in [-0.05, 0) is 29.2 Å². The monoisotopic (exact) mass is 318 g/mol. The molecule has 5 heteroatoms. The first kappa shape index (κ1) is 16.5. The lowest BCUT2D eigenvalue weighted by Gasteiger charge is -2.14. The molecule has 0 aliphatic rings. The molecule has 0 aromatic heterocycles. The third-order valence-electron chi connectivity index (χ3n) is 3.47. The van der Waals surface area contributed by atoms with Crippen molar-refractivity contribution in [3.8, 4) is 0 Å². The number of benzene rings is 2. The van der Waals surface area contributed by atoms with Gasteiger partial charge >= 0.3 is 0 Å². The molecule has 0 amide bonds. The highest BCUT2D eigenvalue weighted by molar-refractivity contribution is 7.88. The van der Waals surface area contributed by atoms with Crippen LogP contribution in [0.2, 0.25) is 0 Å². The first-order valence-corrected chi connectivity index (χ1v) is 9.15. The maximum absolute atomic E-state index is 11.1. The zero-order valence-corrected chi connectivity index (χ0v) is 13.7. The van der Waals surface area contributed by atoms with Crippen molar-refractivity contribution in [2.24, 2.45) is 0 Å². The molecule has 0 saturated heterocycles. The average Bonchev–Trinajstić information content (AvgIpc) is 2.52. The molecule has 22 heavy (non-hydrogen) atoms. The smallest absolute Gasteiger partial charge is 0.209 e. The minimum atomic E-state index is -3.15. The summed E-state index contributed by atoms with van der Waals surface area (Å²) in [6, 6.07) is 18.2. The predicted octanol–water partition coefficient (Wildman–Crippen LogP) is 2.95. The van der Waals surface area contributed by atoms with E-state index in [2.05, 4.69) is 41.2 Å². The Morgan fingerprint density at radius 1 is 1.00 bits per heavy atom. The van der Waals surface area contributed by atoms with Crippen LogP contribution in [0.25, 0.3) is 0 Å². The molecule has 2 N–H and O–H groups in total. The molecule has 0 saturated carbocycles. The Labute approximate surface area is 132 Å². The molecule has 2 aromatic carbocycles. The fourth-order valence-corrected chi connectivity index (χ4v) is 2.55. The van der Waals surface area contributed by atoms with E-state index < -0.39 is 10.0 Å². The standard InChI is InChI=1S/C17H22N2O2S/c1-14(16-6-4-3-5-7-16)12-18-17-10-8-15(9-11-17)13-19-22(2,20)21/h3-11,14,18-19H,12-13H2,1-2H3/t14-/m1/s1. The number of rotatable bonds is 7. The van der Waals surface area contributed by atoms with Crippen LogP contribution < -0.4 is 10.0 Å². The molecule has 0 fully saturated rings. The zero-order valence-electron chi connectivity index (χ0n) is 12.9. The van der Waals surface area contributed by atoms with Crippen LogP contribution in [0.1, 0.15) is 24.0 Å². The molecule has 0 unspecified atom stereocenters. The first-order valence-electron chi connectivity index (χ1n) is 7.26. The van der Waals surface area contributed by atoms with Crippen molar-refractivity contribution in [3.05, 3.63) is 65.7 Å². The maximum atomic E-state index is 11.1. The predicted molar refractivity (Wildman–Crippen MR) is 91.5 cm³/mol. The van der Waals surface area contributed by atoms with Gasteiger partial charge in [0.25, 0.3) is 0 Å². The van der Waals surface area contributed by atoms with Crippen molar-refractivity contribution in [2.45, 2.75) is 19.4 Å². The lowest BCUT2D eigenvalue weighted by molar-refractivity contribution is 0.587. The minimum Gasteiger partial charge on any atom is -0.384 e. The Bertz CT molecular complexity index is 682. The van der Waals surface area contributed by atoms with Crippen LogP contribution in [-0.4, -0.2) is 21.2 Å². The second-order valence-corrected chi connectivity index (χ2v) is 7.32. The summed E-state index contributed by atoms with van der Waals surface area (Å²) in [5.41, 5.74) is 3.28. The molecule has 118 valence electrons. The summed E-state index contributed by atoms with van der Waals surface area (Å²) in [7, 11) is -3.15. The Morgan fingerprint density at radius 3 is 2.23 bits per heavy atom. The number of sulfonamides is 1. The molecule has 4 nitrogen and oxygen atoms in total. The van der Waals surface area contributed by atoms with E-state index in [1.807, 2.05) is 30.3 Å². The lowest BCUT2D eigenvalue weighted by atomic mass is 10.0. The van der Waals surface area contributed by atoms with Crippen LogP contribution in [0.5, 0.6) is 0 Å². The summed E-state index contributed by atoms with van der Waals surface area (Å²) in [6.45, 7) is 3.36. The van der Waals surface area contributed by atoms with E-state index in [9.17, 15) is 8.42 Å². The normalized spacial score (nSPS) is 12.8. The SMILES string of the molecule is C[C@H](CNc1ccc(CNS(C)(=O)=O)cc1)c1ccccc1. The van der Waals surface area contributed by atoms with Gasteiger partial charge in [0.15, 0.2) is 0 Å². The second kappa shape index (κ2) is 7.42. The Balaban J connectivity index is 1.86. The summed E-state index contributed by atoms with van der Waals surface area (Å²) >= 11 is 0. The molecule has 0 aliphatic heterocycles. The molecule has 0 bridgehead atoms. The highest BCUT2D eigenvalue weighted by atomic mass is 32.2. The third-order valence-corrected chi connectivity index (χ3v) is 4.14. The third kappa shape index (κ3) is 5.50. The lowest BCUT2D eigenvalue weighted by Crippen LogP contribution is -2.21. The Kier molecular flexibility index (Phi) is 5.57. The Hall–Kier alpha value is -1.85. The molecule has 2 aromatic rings.